The van der Waals surface area contributed by atoms with Gasteiger partial charge in [0.15, 0.2) is 10.1 Å². The number of aromatic hydroxyl groups is 1. The first-order valence-corrected chi connectivity index (χ1v) is 8.93. The van der Waals surface area contributed by atoms with Crippen molar-refractivity contribution in [3.63, 3.8) is 0 Å². The summed E-state index contributed by atoms with van der Waals surface area (Å²) in [5.74, 6) is -0.385. The molecule has 0 bridgehead atoms. The summed E-state index contributed by atoms with van der Waals surface area (Å²) in [5, 5.41) is 17.2. The van der Waals surface area contributed by atoms with Crippen LogP contribution in [0.25, 0.3) is 10.6 Å². The Labute approximate surface area is 151 Å². The van der Waals surface area contributed by atoms with Gasteiger partial charge in [0, 0.05) is 18.0 Å². The standard InChI is InChI=1S/C16H14N4O3S2/c1-8-13(25-16(17-8)18-9(2)21)12-7-24-15(20-12)14(23)19-10-3-5-11(22)6-4-10/h3-7,22H,1-2H3,(H,19,23)(H,17,18,21). The van der Waals surface area contributed by atoms with Crippen molar-refractivity contribution in [3.05, 3.63) is 40.3 Å². The minimum Gasteiger partial charge on any atom is -0.508 e. The fourth-order valence-electron chi connectivity index (χ4n) is 2.05. The molecule has 3 N–H and O–H groups in total. The Balaban J connectivity index is 1.78. The van der Waals surface area contributed by atoms with Gasteiger partial charge in [0.25, 0.3) is 5.91 Å². The molecule has 0 spiro atoms. The van der Waals surface area contributed by atoms with Gasteiger partial charge in [0.2, 0.25) is 5.91 Å². The van der Waals surface area contributed by atoms with Crippen LogP contribution in [0.5, 0.6) is 5.75 Å². The van der Waals surface area contributed by atoms with E-state index in [9.17, 15) is 14.7 Å². The average molecular weight is 374 g/mol. The molecule has 3 rings (SSSR count). The van der Waals surface area contributed by atoms with Crippen LogP contribution in [0.3, 0.4) is 0 Å². The van der Waals surface area contributed by atoms with E-state index in [1.165, 1.54) is 41.7 Å². The van der Waals surface area contributed by atoms with E-state index in [4.69, 9.17) is 0 Å². The number of aryl methyl sites for hydroxylation is 1. The summed E-state index contributed by atoms with van der Waals surface area (Å²) in [6.45, 7) is 3.25. The lowest BCUT2D eigenvalue weighted by Gasteiger charge is -2.02. The van der Waals surface area contributed by atoms with E-state index in [0.717, 1.165) is 10.6 Å². The van der Waals surface area contributed by atoms with Gasteiger partial charge < -0.3 is 15.7 Å². The molecule has 0 saturated heterocycles. The Morgan fingerprint density at radius 3 is 2.52 bits per heavy atom. The molecule has 9 heteroatoms. The van der Waals surface area contributed by atoms with Gasteiger partial charge in [-0.1, -0.05) is 11.3 Å². The zero-order chi connectivity index (χ0) is 18.0. The van der Waals surface area contributed by atoms with E-state index in [1.54, 1.807) is 17.5 Å². The third-order valence-corrected chi connectivity index (χ3v) is 5.07. The van der Waals surface area contributed by atoms with Gasteiger partial charge in [-0.3, -0.25) is 9.59 Å². The summed E-state index contributed by atoms with van der Waals surface area (Å²) >= 11 is 2.54. The van der Waals surface area contributed by atoms with Crippen molar-refractivity contribution in [2.24, 2.45) is 0 Å². The van der Waals surface area contributed by atoms with Crippen molar-refractivity contribution in [2.45, 2.75) is 13.8 Å². The monoisotopic (exact) mass is 374 g/mol. The number of thiazole rings is 2. The van der Waals surface area contributed by atoms with E-state index in [-0.39, 0.29) is 17.6 Å². The molecule has 1 aromatic carbocycles. The SMILES string of the molecule is CC(=O)Nc1nc(C)c(-c2csc(C(=O)Nc3ccc(O)cc3)n2)s1. The number of carbonyl (C=O) groups is 2. The number of aromatic nitrogens is 2. The van der Waals surface area contributed by atoms with Gasteiger partial charge in [-0.25, -0.2) is 9.97 Å². The van der Waals surface area contributed by atoms with Gasteiger partial charge in [0.1, 0.15) is 5.75 Å². The number of phenolic OH excluding ortho intramolecular Hbond substituents is 1. The maximum Gasteiger partial charge on any atom is 0.284 e. The topological polar surface area (TPSA) is 104 Å². The molecule has 7 nitrogen and oxygen atoms in total. The van der Waals surface area contributed by atoms with E-state index in [2.05, 4.69) is 20.6 Å². The molecule has 0 atom stereocenters. The molecule has 0 aliphatic carbocycles. The molecule has 0 saturated carbocycles. The number of carbonyl (C=O) groups excluding carboxylic acids is 2. The number of benzene rings is 1. The maximum atomic E-state index is 12.3. The number of anilines is 2. The largest absolute Gasteiger partial charge is 0.508 e. The lowest BCUT2D eigenvalue weighted by Crippen LogP contribution is -2.11. The first-order valence-electron chi connectivity index (χ1n) is 7.23. The zero-order valence-electron chi connectivity index (χ0n) is 13.4. The Kier molecular flexibility index (Phi) is 4.77. The maximum absolute atomic E-state index is 12.3. The summed E-state index contributed by atoms with van der Waals surface area (Å²) < 4.78 is 0. The van der Waals surface area contributed by atoms with Gasteiger partial charge >= 0.3 is 0 Å². The number of hydrogen-bond donors (Lipinski definition) is 3. The third-order valence-electron chi connectivity index (χ3n) is 3.14. The molecule has 0 fully saturated rings. The number of nitrogens with zero attached hydrogens (tertiary/aromatic N) is 2. The Morgan fingerprint density at radius 2 is 1.84 bits per heavy atom. The van der Waals surface area contributed by atoms with Crippen molar-refractivity contribution >= 4 is 45.3 Å². The van der Waals surface area contributed by atoms with E-state index < -0.39 is 0 Å². The van der Waals surface area contributed by atoms with Crippen molar-refractivity contribution in [2.75, 3.05) is 10.6 Å². The van der Waals surface area contributed by atoms with E-state index in [0.29, 0.717) is 21.5 Å². The molecule has 2 heterocycles. The van der Waals surface area contributed by atoms with Gasteiger partial charge in [-0.05, 0) is 31.2 Å². The summed E-state index contributed by atoms with van der Waals surface area (Å²) in [6, 6.07) is 6.20. The number of rotatable bonds is 4. The van der Waals surface area contributed by atoms with E-state index in [1.807, 2.05) is 6.92 Å². The highest BCUT2D eigenvalue weighted by Crippen LogP contribution is 2.33. The molecule has 0 unspecified atom stereocenters. The van der Waals surface area contributed by atoms with Crippen LogP contribution in [-0.4, -0.2) is 26.9 Å². The first kappa shape index (κ1) is 17.1. The minimum absolute atomic E-state index is 0.130. The summed E-state index contributed by atoms with van der Waals surface area (Å²) in [6.07, 6.45) is 0. The van der Waals surface area contributed by atoms with Crippen LogP contribution in [0.2, 0.25) is 0 Å². The van der Waals surface area contributed by atoms with Crippen LogP contribution in [-0.2, 0) is 4.79 Å². The normalized spacial score (nSPS) is 10.5. The molecular weight excluding hydrogens is 360 g/mol. The zero-order valence-corrected chi connectivity index (χ0v) is 15.0. The van der Waals surface area contributed by atoms with Crippen molar-refractivity contribution in [1.82, 2.24) is 9.97 Å². The predicted molar refractivity (Wildman–Crippen MR) is 98.3 cm³/mol. The van der Waals surface area contributed by atoms with E-state index >= 15 is 0 Å². The second-order valence-corrected chi connectivity index (χ2v) is 7.01. The highest BCUT2D eigenvalue weighted by Gasteiger charge is 2.17. The van der Waals surface area contributed by atoms with Crippen LogP contribution < -0.4 is 10.6 Å². The van der Waals surface area contributed by atoms with Gasteiger partial charge in [-0.2, -0.15) is 0 Å². The lowest BCUT2D eigenvalue weighted by molar-refractivity contribution is -0.114. The van der Waals surface area contributed by atoms with Crippen LogP contribution in [0.4, 0.5) is 10.8 Å². The quantitative estimate of drug-likeness (QED) is 0.607. The highest BCUT2D eigenvalue weighted by atomic mass is 32.1. The smallest absolute Gasteiger partial charge is 0.284 e. The van der Waals surface area contributed by atoms with Crippen molar-refractivity contribution in [1.29, 1.82) is 0 Å². The van der Waals surface area contributed by atoms with Crippen LogP contribution in [0.15, 0.2) is 29.6 Å². The summed E-state index contributed by atoms with van der Waals surface area (Å²) in [4.78, 5) is 32.9. The predicted octanol–water partition coefficient (Wildman–Crippen LogP) is 3.49. The number of hydrogen-bond acceptors (Lipinski definition) is 7. The minimum atomic E-state index is -0.328. The van der Waals surface area contributed by atoms with Crippen LogP contribution in [0, 0.1) is 6.92 Å². The first-order chi connectivity index (χ1) is 11.9. The molecule has 0 aliphatic heterocycles. The Hall–Kier alpha value is -2.78. The molecule has 0 aliphatic rings. The van der Waals surface area contributed by atoms with Crippen molar-refractivity contribution < 1.29 is 14.7 Å². The average Bonchev–Trinajstić information content (AvgIpc) is 3.15. The van der Waals surface area contributed by atoms with Gasteiger partial charge in [-0.15, -0.1) is 11.3 Å². The molecule has 0 radical (unpaired) electrons. The fourth-order valence-corrected chi connectivity index (χ4v) is 3.80. The summed E-state index contributed by atoms with van der Waals surface area (Å²) in [7, 11) is 0. The number of nitrogens with one attached hydrogen (secondary N) is 2. The second-order valence-electron chi connectivity index (χ2n) is 5.15. The molecule has 128 valence electrons. The molecule has 2 amide bonds. The van der Waals surface area contributed by atoms with Crippen molar-refractivity contribution in [3.8, 4) is 16.3 Å². The van der Waals surface area contributed by atoms with Crippen LogP contribution in [0.1, 0.15) is 22.4 Å². The fraction of sp³-hybridized carbons (Fsp3) is 0.125. The number of phenols is 1. The molecule has 25 heavy (non-hydrogen) atoms. The lowest BCUT2D eigenvalue weighted by atomic mass is 10.3. The second kappa shape index (κ2) is 6.99. The molecule has 2 aromatic heterocycles. The Bertz CT molecular complexity index is 931. The third kappa shape index (κ3) is 4.01. The highest BCUT2D eigenvalue weighted by molar-refractivity contribution is 7.19. The summed E-state index contributed by atoms with van der Waals surface area (Å²) in [5.41, 5.74) is 1.96. The number of amides is 2. The Morgan fingerprint density at radius 1 is 1.12 bits per heavy atom. The molecule has 3 aromatic rings. The molecular formula is C16H14N4O3S2. The van der Waals surface area contributed by atoms with Crippen LogP contribution >= 0.6 is 22.7 Å². The van der Waals surface area contributed by atoms with Gasteiger partial charge in [0.05, 0.1) is 16.3 Å².